The molecule has 0 spiro atoms. The highest BCUT2D eigenvalue weighted by molar-refractivity contribution is 5.34. The first-order valence-corrected chi connectivity index (χ1v) is 8.22. The summed E-state index contributed by atoms with van der Waals surface area (Å²) < 4.78 is 0. The molecular weight excluding hydrogens is 266 g/mol. The summed E-state index contributed by atoms with van der Waals surface area (Å²) in [5, 5.41) is 0. The lowest BCUT2D eigenvalue weighted by atomic mass is 9.71. The highest BCUT2D eigenvalue weighted by Crippen LogP contribution is 2.44. The van der Waals surface area contributed by atoms with Gasteiger partial charge in [-0.1, -0.05) is 60.7 Å². The number of allylic oxidation sites excluding steroid dienone is 7. The first-order chi connectivity index (χ1) is 10.7. The van der Waals surface area contributed by atoms with Crippen LogP contribution in [0.1, 0.15) is 31.7 Å². The van der Waals surface area contributed by atoms with E-state index in [9.17, 15) is 0 Å². The van der Waals surface area contributed by atoms with E-state index < -0.39 is 0 Å². The minimum atomic E-state index is 0.109. The van der Waals surface area contributed by atoms with E-state index >= 15 is 0 Å². The van der Waals surface area contributed by atoms with Crippen LogP contribution in [0.3, 0.4) is 0 Å². The molecule has 1 heterocycles. The molecule has 114 valence electrons. The van der Waals surface area contributed by atoms with Gasteiger partial charge in [-0.25, -0.2) is 0 Å². The molecule has 0 amide bonds. The zero-order valence-corrected chi connectivity index (χ0v) is 13.6. The first-order valence-electron chi connectivity index (χ1n) is 8.22. The quantitative estimate of drug-likeness (QED) is 0.720. The number of benzene rings is 1. The molecule has 0 saturated heterocycles. The zero-order valence-electron chi connectivity index (χ0n) is 13.6. The molecule has 0 N–H and O–H groups in total. The van der Waals surface area contributed by atoms with Crippen molar-refractivity contribution in [2.24, 2.45) is 5.41 Å². The van der Waals surface area contributed by atoms with Gasteiger partial charge in [0, 0.05) is 23.9 Å². The summed E-state index contributed by atoms with van der Waals surface area (Å²) in [6, 6.07) is 10.9. The number of nitrogens with zero attached hydrogens (tertiary/aromatic N) is 1. The van der Waals surface area contributed by atoms with E-state index in [-0.39, 0.29) is 5.41 Å². The third kappa shape index (κ3) is 2.94. The molecule has 0 bridgehead atoms. The molecule has 3 rings (SSSR count). The van der Waals surface area contributed by atoms with Crippen molar-refractivity contribution in [1.29, 1.82) is 0 Å². The van der Waals surface area contributed by atoms with Gasteiger partial charge in [-0.2, -0.15) is 0 Å². The van der Waals surface area contributed by atoms with Crippen LogP contribution in [-0.2, 0) is 6.42 Å². The zero-order chi connectivity index (χ0) is 15.4. The molecule has 1 aromatic carbocycles. The predicted molar refractivity (Wildman–Crippen MR) is 94.3 cm³/mol. The summed E-state index contributed by atoms with van der Waals surface area (Å²) in [6.45, 7) is 2.19. The van der Waals surface area contributed by atoms with Crippen molar-refractivity contribution < 1.29 is 0 Å². The maximum atomic E-state index is 2.44. The molecule has 1 aliphatic heterocycles. The predicted octanol–water partition coefficient (Wildman–Crippen LogP) is 5.24. The summed E-state index contributed by atoms with van der Waals surface area (Å²) in [6.07, 6.45) is 18.3. The summed E-state index contributed by atoms with van der Waals surface area (Å²) in [5.74, 6) is 0. The third-order valence-electron chi connectivity index (χ3n) is 4.90. The molecule has 1 aromatic rings. The Kier molecular flexibility index (Phi) is 4.33. The molecule has 1 unspecified atom stereocenters. The van der Waals surface area contributed by atoms with Gasteiger partial charge in [-0.15, -0.1) is 0 Å². The van der Waals surface area contributed by atoms with Gasteiger partial charge in [0.05, 0.1) is 0 Å². The van der Waals surface area contributed by atoms with Crippen molar-refractivity contribution in [2.45, 2.75) is 32.6 Å². The van der Waals surface area contributed by atoms with Gasteiger partial charge in [-0.3, -0.25) is 0 Å². The third-order valence-corrected chi connectivity index (χ3v) is 4.90. The highest BCUT2D eigenvalue weighted by Gasteiger charge is 2.36. The van der Waals surface area contributed by atoms with Crippen LogP contribution in [0.4, 0.5) is 0 Å². The molecule has 1 heteroatoms. The van der Waals surface area contributed by atoms with E-state index in [1.54, 1.807) is 0 Å². The fourth-order valence-electron chi connectivity index (χ4n) is 3.63. The topological polar surface area (TPSA) is 3.24 Å². The molecule has 0 fully saturated rings. The van der Waals surface area contributed by atoms with Crippen LogP contribution in [-0.4, -0.2) is 11.9 Å². The van der Waals surface area contributed by atoms with Crippen LogP contribution < -0.4 is 0 Å². The van der Waals surface area contributed by atoms with Crippen molar-refractivity contribution in [3.63, 3.8) is 0 Å². The smallest absolute Gasteiger partial charge is 0.0325 e. The van der Waals surface area contributed by atoms with Crippen LogP contribution in [0.15, 0.2) is 78.2 Å². The Morgan fingerprint density at radius 1 is 1.09 bits per heavy atom. The summed E-state index contributed by atoms with van der Waals surface area (Å²) >= 11 is 0. The highest BCUT2D eigenvalue weighted by atomic mass is 15.1. The van der Waals surface area contributed by atoms with Gasteiger partial charge in [0.15, 0.2) is 0 Å². The summed E-state index contributed by atoms with van der Waals surface area (Å²) in [7, 11) is 2.20. The molecule has 1 nitrogen and oxygen atoms in total. The molecule has 0 radical (unpaired) electrons. The van der Waals surface area contributed by atoms with Gasteiger partial charge >= 0.3 is 0 Å². The van der Waals surface area contributed by atoms with Gasteiger partial charge in [0.25, 0.3) is 0 Å². The van der Waals surface area contributed by atoms with E-state index in [1.165, 1.54) is 36.2 Å². The van der Waals surface area contributed by atoms with Gasteiger partial charge < -0.3 is 4.90 Å². The lowest BCUT2D eigenvalue weighted by Crippen LogP contribution is -2.34. The van der Waals surface area contributed by atoms with E-state index in [4.69, 9.17) is 0 Å². The SMILES string of the molecule is C\C1=C/C=C\C=C\C2(Cc3ccccc3)CCCC=C2N1C. The summed E-state index contributed by atoms with van der Waals surface area (Å²) in [4.78, 5) is 2.38. The van der Waals surface area contributed by atoms with E-state index in [1.807, 2.05) is 0 Å². The van der Waals surface area contributed by atoms with Gasteiger partial charge in [-0.05, 0) is 44.2 Å². The van der Waals surface area contributed by atoms with Crippen LogP contribution in [0.25, 0.3) is 0 Å². The van der Waals surface area contributed by atoms with E-state index in [0.717, 1.165) is 6.42 Å². The first kappa shape index (κ1) is 14.9. The molecular formula is C21H25N. The van der Waals surface area contributed by atoms with Gasteiger partial charge in [0.2, 0.25) is 0 Å². The second-order valence-electron chi connectivity index (χ2n) is 6.41. The Labute approximate surface area is 134 Å². The fraction of sp³-hybridized carbons (Fsp3) is 0.333. The molecule has 0 aromatic heterocycles. The maximum Gasteiger partial charge on any atom is 0.0325 e. The maximum absolute atomic E-state index is 2.44. The van der Waals surface area contributed by atoms with Crippen LogP contribution in [0.2, 0.25) is 0 Å². The summed E-state index contributed by atoms with van der Waals surface area (Å²) in [5.41, 5.74) is 4.28. The Hall–Kier alpha value is -2.02. The fourth-order valence-corrected chi connectivity index (χ4v) is 3.63. The van der Waals surface area contributed by atoms with Crippen molar-refractivity contribution in [3.8, 4) is 0 Å². The van der Waals surface area contributed by atoms with Crippen LogP contribution in [0.5, 0.6) is 0 Å². The lowest BCUT2D eigenvalue weighted by Gasteiger charge is -2.41. The minimum absolute atomic E-state index is 0.109. The standard InChI is InChI=1S/C21H25N/c1-18-11-5-4-9-15-21(17-19-12-6-3-7-13-19)16-10-8-14-20(21)22(18)2/h3-7,9,11-15H,8,10,16-17H2,1-2H3/b5-4-,15-9+,18-11+. The lowest BCUT2D eigenvalue weighted by molar-refractivity contribution is 0.297. The molecule has 0 saturated carbocycles. The molecule has 2 aliphatic rings. The average Bonchev–Trinajstić information content (AvgIpc) is 2.60. The van der Waals surface area contributed by atoms with Crippen molar-refractivity contribution >= 4 is 0 Å². The van der Waals surface area contributed by atoms with Crippen LogP contribution in [0, 0.1) is 5.41 Å². The van der Waals surface area contributed by atoms with Gasteiger partial charge in [0.1, 0.15) is 0 Å². The van der Waals surface area contributed by atoms with Crippen molar-refractivity contribution in [1.82, 2.24) is 4.90 Å². The second-order valence-corrected chi connectivity index (χ2v) is 6.41. The van der Waals surface area contributed by atoms with E-state index in [0.29, 0.717) is 0 Å². The second kappa shape index (κ2) is 6.39. The molecule has 1 aliphatic carbocycles. The monoisotopic (exact) mass is 291 g/mol. The largest absolute Gasteiger partial charge is 0.351 e. The Balaban J connectivity index is 2.05. The molecule has 22 heavy (non-hydrogen) atoms. The number of rotatable bonds is 2. The Morgan fingerprint density at radius 2 is 1.91 bits per heavy atom. The minimum Gasteiger partial charge on any atom is -0.351 e. The Bertz CT molecular complexity index is 633. The Morgan fingerprint density at radius 3 is 2.73 bits per heavy atom. The molecule has 1 atom stereocenters. The van der Waals surface area contributed by atoms with Crippen molar-refractivity contribution in [2.75, 3.05) is 7.05 Å². The number of fused-ring (bicyclic) bond motifs is 1. The van der Waals surface area contributed by atoms with E-state index in [2.05, 4.69) is 85.7 Å². The number of hydrogen-bond donors (Lipinski definition) is 0. The normalized spacial score (nSPS) is 30.0. The average molecular weight is 291 g/mol. The van der Waals surface area contributed by atoms with Crippen molar-refractivity contribution in [3.05, 3.63) is 83.7 Å². The van der Waals surface area contributed by atoms with Crippen LogP contribution >= 0.6 is 0 Å². The number of hydrogen-bond acceptors (Lipinski definition) is 1.